The molecule has 7 nitrogen and oxygen atoms in total. The maximum Gasteiger partial charge on any atom is 0.259 e. The molecule has 174 valence electrons. The smallest absolute Gasteiger partial charge is 0.259 e. The fourth-order valence-electron chi connectivity index (χ4n) is 3.94. The normalized spacial score (nSPS) is 22.0. The maximum atomic E-state index is 13.4. The van der Waals surface area contributed by atoms with E-state index in [1.54, 1.807) is 22.1 Å². The van der Waals surface area contributed by atoms with Gasteiger partial charge in [-0.2, -0.15) is 0 Å². The Labute approximate surface area is 191 Å². The monoisotopic (exact) mass is 441 g/mol. The lowest BCUT2D eigenvalue weighted by Gasteiger charge is -2.38. The van der Waals surface area contributed by atoms with Crippen LogP contribution in [0.3, 0.4) is 0 Å². The second kappa shape index (κ2) is 10.4. The van der Waals surface area contributed by atoms with Crippen LogP contribution in [0.4, 0.5) is 0 Å². The van der Waals surface area contributed by atoms with E-state index in [2.05, 4.69) is 16.8 Å². The molecule has 2 amide bonds. The molecular weight excluding hydrogens is 406 g/mol. The fraction of sp³-hybridized carbons (Fsp3) is 0.640. The standard InChI is InChI=1S/C25H35N3O4/c1-16(2)9-10-19-11-21-23(26-12-19)32-22(14-27(5)24(30)20-7-6-8-20)17(3)13-28(25(21)31)18(4)15-29/h11-12,16-18,20,22,29H,6-8,13-15H2,1-5H3/t17-,18-,22+/m1/s1. The predicted molar refractivity (Wildman–Crippen MR) is 122 cm³/mol. The van der Waals surface area contributed by atoms with Gasteiger partial charge in [0.15, 0.2) is 0 Å². The average molecular weight is 442 g/mol. The summed E-state index contributed by atoms with van der Waals surface area (Å²) in [6.07, 6.45) is 4.30. The van der Waals surface area contributed by atoms with Crippen LogP contribution in [0.15, 0.2) is 12.3 Å². The van der Waals surface area contributed by atoms with Gasteiger partial charge >= 0.3 is 0 Å². The van der Waals surface area contributed by atoms with Crippen LogP contribution in [0.25, 0.3) is 0 Å². The number of pyridine rings is 1. The number of aromatic nitrogens is 1. The van der Waals surface area contributed by atoms with Crippen molar-refractivity contribution in [3.8, 4) is 17.7 Å². The highest BCUT2D eigenvalue weighted by Gasteiger charge is 2.36. The summed E-state index contributed by atoms with van der Waals surface area (Å²) in [4.78, 5) is 33.9. The molecule has 1 aromatic heterocycles. The molecule has 0 spiro atoms. The van der Waals surface area contributed by atoms with Crippen molar-refractivity contribution in [2.45, 2.75) is 59.1 Å². The van der Waals surface area contributed by atoms with Crippen molar-refractivity contribution in [2.75, 3.05) is 26.7 Å². The molecule has 1 saturated carbocycles. The molecule has 0 bridgehead atoms. The van der Waals surface area contributed by atoms with E-state index in [1.165, 1.54) is 0 Å². The third-order valence-corrected chi connectivity index (χ3v) is 6.31. The van der Waals surface area contributed by atoms with E-state index < -0.39 is 0 Å². The molecule has 0 unspecified atom stereocenters. The number of amides is 2. The van der Waals surface area contributed by atoms with Crippen molar-refractivity contribution in [2.24, 2.45) is 17.8 Å². The zero-order valence-electron chi connectivity index (χ0n) is 19.8. The summed E-state index contributed by atoms with van der Waals surface area (Å²) in [5.74, 6) is 6.58. The SMILES string of the molecule is CC(C)C#Cc1cnc2c(c1)C(=O)N([C@H](C)CO)C[C@@H](C)[C@H](CN(C)C(=O)C1CCC1)O2. The molecule has 1 aliphatic heterocycles. The van der Waals surface area contributed by atoms with Gasteiger partial charge in [0.2, 0.25) is 11.8 Å². The van der Waals surface area contributed by atoms with Crippen molar-refractivity contribution in [3.63, 3.8) is 0 Å². The van der Waals surface area contributed by atoms with E-state index in [4.69, 9.17) is 4.74 Å². The zero-order chi connectivity index (χ0) is 23.4. The van der Waals surface area contributed by atoms with Gasteiger partial charge in [0.05, 0.1) is 19.2 Å². The Morgan fingerprint density at radius 1 is 1.38 bits per heavy atom. The minimum absolute atomic E-state index is 0.0556. The third kappa shape index (κ3) is 5.42. The molecule has 3 rings (SSSR count). The summed E-state index contributed by atoms with van der Waals surface area (Å²) in [7, 11) is 1.81. The van der Waals surface area contributed by atoms with Gasteiger partial charge in [-0.15, -0.1) is 0 Å². The summed E-state index contributed by atoms with van der Waals surface area (Å²) in [6, 6.07) is 1.37. The molecule has 1 N–H and O–H groups in total. The lowest BCUT2D eigenvalue weighted by molar-refractivity contribution is -0.138. The first-order chi connectivity index (χ1) is 15.2. The van der Waals surface area contributed by atoms with E-state index >= 15 is 0 Å². The highest BCUT2D eigenvalue weighted by Crippen LogP contribution is 2.30. The number of carbonyl (C=O) groups is 2. The number of hydrogen-bond acceptors (Lipinski definition) is 5. The molecular formula is C25H35N3O4. The van der Waals surface area contributed by atoms with Gasteiger partial charge in [0.25, 0.3) is 5.91 Å². The predicted octanol–water partition coefficient (Wildman–Crippen LogP) is 2.57. The molecule has 2 aliphatic rings. The van der Waals surface area contributed by atoms with Gasteiger partial charge in [0.1, 0.15) is 11.7 Å². The van der Waals surface area contributed by atoms with Crippen LogP contribution in [-0.2, 0) is 4.79 Å². The molecule has 0 saturated heterocycles. The number of aliphatic hydroxyl groups is 1. The number of fused-ring (bicyclic) bond motifs is 1. The molecule has 2 heterocycles. The Hall–Kier alpha value is -2.59. The van der Waals surface area contributed by atoms with Crippen LogP contribution in [-0.4, -0.2) is 70.6 Å². The van der Waals surface area contributed by atoms with Crippen LogP contribution < -0.4 is 4.74 Å². The average Bonchev–Trinajstić information content (AvgIpc) is 2.72. The quantitative estimate of drug-likeness (QED) is 0.710. The second-order valence-electron chi connectivity index (χ2n) is 9.47. The van der Waals surface area contributed by atoms with E-state index in [0.29, 0.717) is 24.2 Å². The molecule has 1 aliphatic carbocycles. The van der Waals surface area contributed by atoms with Crippen LogP contribution in [0, 0.1) is 29.6 Å². The van der Waals surface area contributed by atoms with Gasteiger partial charge in [-0.05, 0) is 25.8 Å². The Balaban J connectivity index is 1.93. The van der Waals surface area contributed by atoms with Gasteiger partial charge in [-0.3, -0.25) is 9.59 Å². The Morgan fingerprint density at radius 3 is 2.69 bits per heavy atom. The van der Waals surface area contributed by atoms with Crippen LogP contribution in [0.5, 0.6) is 5.88 Å². The molecule has 1 aromatic rings. The summed E-state index contributed by atoms with van der Waals surface area (Å²) in [6.45, 7) is 8.52. The van der Waals surface area contributed by atoms with E-state index in [9.17, 15) is 14.7 Å². The fourth-order valence-corrected chi connectivity index (χ4v) is 3.94. The summed E-state index contributed by atoms with van der Waals surface area (Å²) in [5, 5.41) is 9.76. The number of rotatable bonds is 5. The largest absolute Gasteiger partial charge is 0.472 e. The first-order valence-electron chi connectivity index (χ1n) is 11.6. The van der Waals surface area contributed by atoms with E-state index in [1.807, 2.05) is 34.7 Å². The number of carbonyl (C=O) groups excluding carboxylic acids is 2. The van der Waals surface area contributed by atoms with Crippen molar-refractivity contribution < 1.29 is 19.4 Å². The summed E-state index contributed by atoms with van der Waals surface area (Å²) in [5.41, 5.74) is 0.985. The number of ether oxygens (including phenoxy) is 1. The number of likely N-dealkylation sites (N-methyl/N-ethyl adjacent to an activating group) is 1. The summed E-state index contributed by atoms with van der Waals surface area (Å²) >= 11 is 0. The molecule has 32 heavy (non-hydrogen) atoms. The topological polar surface area (TPSA) is 83.0 Å². The van der Waals surface area contributed by atoms with Crippen molar-refractivity contribution >= 4 is 11.8 Å². The Morgan fingerprint density at radius 2 is 2.09 bits per heavy atom. The van der Waals surface area contributed by atoms with Gasteiger partial charge < -0.3 is 19.6 Å². The van der Waals surface area contributed by atoms with E-state index in [-0.39, 0.29) is 54.2 Å². The summed E-state index contributed by atoms with van der Waals surface area (Å²) < 4.78 is 6.25. The maximum absolute atomic E-state index is 13.4. The Kier molecular flexibility index (Phi) is 7.78. The van der Waals surface area contributed by atoms with Crippen LogP contribution in [0.2, 0.25) is 0 Å². The zero-order valence-corrected chi connectivity index (χ0v) is 19.8. The van der Waals surface area contributed by atoms with Gasteiger partial charge in [-0.1, -0.05) is 39.0 Å². The lowest BCUT2D eigenvalue weighted by Crippen LogP contribution is -2.51. The highest BCUT2D eigenvalue weighted by molar-refractivity contribution is 5.97. The van der Waals surface area contributed by atoms with Crippen molar-refractivity contribution in [1.29, 1.82) is 0 Å². The minimum Gasteiger partial charge on any atom is -0.472 e. The molecule has 3 atom stereocenters. The first-order valence-corrected chi connectivity index (χ1v) is 11.6. The first kappa shape index (κ1) is 24.1. The van der Waals surface area contributed by atoms with Crippen molar-refractivity contribution in [1.82, 2.24) is 14.8 Å². The van der Waals surface area contributed by atoms with Crippen molar-refractivity contribution in [3.05, 3.63) is 23.4 Å². The molecule has 7 heteroatoms. The molecule has 0 radical (unpaired) electrons. The number of nitrogens with zero attached hydrogens (tertiary/aromatic N) is 3. The third-order valence-electron chi connectivity index (χ3n) is 6.31. The molecule has 0 aromatic carbocycles. The number of hydrogen-bond donors (Lipinski definition) is 1. The lowest BCUT2D eigenvalue weighted by atomic mass is 9.84. The molecule has 1 fully saturated rings. The number of aliphatic hydroxyl groups excluding tert-OH is 1. The second-order valence-corrected chi connectivity index (χ2v) is 9.47. The van der Waals surface area contributed by atoms with E-state index in [0.717, 1.165) is 19.3 Å². The van der Waals surface area contributed by atoms with Crippen LogP contribution >= 0.6 is 0 Å². The van der Waals surface area contributed by atoms with Gasteiger partial charge in [0, 0.05) is 43.1 Å². The van der Waals surface area contributed by atoms with Gasteiger partial charge in [-0.25, -0.2) is 4.98 Å². The van der Waals surface area contributed by atoms with Crippen LogP contribution in [0.1, 0.15) is 62.9 Å². The minimum atomic E-state index is -0.351. The Bertz CT molecular complexity index is 900. The highest BCUT2D eigenvalue weighted by atomic mass is 16.5.